The Kier molecular flexibility index (Phi) is 12.8. The van der Waals surface area contributed by atoms with Crippen LogP contribution in [0.25, 0.3) is 0 Å². The van der Waals surface area contributed by atoms with E-state index in [0.717, 1.165) is 19.3 Å². The molecule has 3 heteroatoms. The summed E-state index contributed by atoms with van der Waals surface area (Å²) in [6.45, 7) is 0. The zero-order valence-electron chi connectivity index (χ0n) is 25.4. The van der Waals surface area contributed by atoms with Crippen molar-refractivity contribution in [2.24, 2.45) is 0 Å². The maximum atomic E-state index is 2.50. The first-order chi connectivity index (χ1) is 21.9. The Morgan fingerprint density at radius 3 is 1.13 bits per heavy atom. The quantitative estimate of drug-likeness (QED) is 0.0638. The van der Waals surface area contributed by atoms with Gasteiger partial charge in [-0.15, -0.1) is 12.1 Å². The normalized spacial score (nSPS) is 12.3. The molecule has 0 saturated heterocycles. The molecule has 0 N–H and O–H groups in total. The molecule has 45 heavy (non-hydrogen) atoms. The molecule has 0 aliphatic heterocycles. The number of rotatable bonds is 13. The van der Waals surface area contributed by atoms with Crippen LogP contribution >= 0.6 is 15.8 Å². The summed E-state index contributed by atoms with van der Waals surface area (Å²) in [4.78, 5) is 0. The van der Waals surface area contributed by atoms with Crippen molar-refractivity contribution in [1.82, 2.24) is 0 Å². The van der Waals surface area contributed by atoms with E-state index < -0.39 is 15.8 Å². The van der Waals surface area contributed by atoms with Gasteiger partial charge in [-0.2, -0.15) is 24.1 Å². The molecule has 0 saturated carbocycles. The van der Waals surface area contributed by atoms with Crippen LogP contribution in [0.1, 0.15) is 24.0 Å². The van der Waals surface area contributed by atoms with E-state index >= 15 is 0 Å². The molecular formula is C42H39P2Rh-. The molecule has 0 amide bonds. The summed E-state index contributed by atoms with van der Waals surface area (Å²) in [7, 11) is -1.31. The second kappa shape index (κ2) is 17.4. The van der Waals surface area contributed by atoms with Crippen molar-refractivity contribution in [3.63, 3.8) is 0 Å². The molecule has 2 atom stereocenters. The first kappa shape index (κ1) is 33.0. The van der Waals surface area contributed by atoms with Crippen molar-refractivity contribution >= 4 is 37.1 Å². The molecule has 0 fully saturated rings. The Labute approximate surface area is 285 Å². The summed E-state index contributed by atoms with van der Waals surface area (Å²) in [6, 6.07) is 67.4. The predicted molar refractivity (Wildman–Crippen MR) is 195 cm³/mol. The van der Waals surface area contributed by atoms with Crippen LogP contribution in [0.4, 0.5) is 0 Å². The fourth-order valence-electron chi connectivity index (χ4n) is 6.15. The van der Waals surface area contributed by atoms with Crippen molar-refractivity contribution < 1.29 is 19.5 Å². The fraction of sp³-hybridized carbons (Fsp3) is 0.119. The molecule has 2 unspecified atom stereocenters. The van der Waals surface area contributed by atoms with Gasteiger partial charge in [-0.05, 0) is 66.8 Å². The summed E-state index contributed by atoms with van der Waals surface area (Å²) in [5.74, 6) is 0. The van der Waals surface area contributed by atoms with Gasteiger partial charge in [0.15, 0.2) is 0 Å². The van der Waals surface area contributed by atoms with Gasteiger partial charge in [0.25, 0.3) is 0 Å². The number of benzene rings is 6. The van der Waals surface area contributed by atoms with Crippen molar-refractivity contribution in [2.45, 2.75) is 30.6 Å². The molecule has 0 spiro atoms. The standard InChI is InChI=1S/C42H39P2.Rh/c1-7-19-35(20-8-1)31-33-41(43(37-23-11-3-12-24-37)38-25-13-4-14-26-38)42(34-32-36-21-9-2-10-22-36)44(39-27-15-5-16-28-39)40-29-17-6-18-30-40;/h1-31,41-42H,32-34H2;/q-1;. The Morgan fingerprint density at radius 1 is 0.400 bits per heavy atom. The summed E-state index contributed by atoms with van der Waals surface area (Å²) in [5, 5.41) is 5.85. The molecular weight excluding hydrogens is 669 g/mol. The van der Waals surface area contributed by atoms with Crippen LogP contribution in [0.2, 0.25) is 0 Å². The van der Waals surface area contributed by atoms with Gasteiger partial charge in [0.1, 0.15) is 0 Å². The van der Waals surface area contributed by atoms with Gasteiger partial charge in [0, 0.05) is 19.5 Å². The first-order valence-corrected chi connectivity index (χ1v) is 18.4. The molecule has 0 aliphatic rings. The molecule has 6 rings (SSSR count). The van der Waals surface area contributed by atoms with Gasteiger partial charge < -0.3 is 0 Å². The molecule has 0 bridgehead atoms. The van der Waals surface area contributed by atoms with Gasteiger partial charge in [0.2, 0.25) is 0 Å². The predicted octanol–water partition coefficient (Wildman–Crippen LogP) is 9.26. The van der Waals surface area contributed by atoms with Crippen molar-refractivity contribution in [3.8, 4) is 0 Å². The second-order valence-corrected chi connectivity index (χ2v) is 16.0. The maximum Gasteiger partial charge on any atom is 0 e. The summed E-state index contributed by atoms with van der Waals surface area (Å²) in [5.41, 5.74) is 3.62. The van der Waals surface area contributed by atoms with Crippen LogP contribution in [0.5, 0.6) is 0 Å². The zero-order chi connectivity index (χ0) is 29.8. The fourth-order valence-corrected chi connectivity index (χ4v) is 12.7. The molecule has 6 aromatic rings. The summed E-state index contributed by atoms with van der Waals surface area (Å²) >= 11 is 0. The van der Waals surface area contributed by atoms with Crippen LogP contribution in [0.15, 0.2) is 182 Å². The van der Waals surface area contributed by atoms with Crippen molar-refractivity contribution in [2.75, 3.05) is 0 Å². The largest absolute Gasteiger partial charge is 0.192 e. The minimum atomic E-state index is -0.659. The third kappa shape index (κ3) is 8.90. The average Bonchev–Trinajstić information content (AvgIpc) is 3.11. The van der Waals surface area contributed by atoms with Crippen LogP contribution in [-0.2, 0) is 25.9 Å². The van der Waals surface area contributed by atoms with Gasteiger partial charge in [-0.1, -0.05) is 164 Å². The van der Waals surface area contributed by atoms with Crippen LogP contribution in [0.3, 0.4) is 0 Å². The van der Waals surface area contributed by atoms with E-state index in [1.54, 1.807) is 0 Å². The van der Waals surface area contributed by atoms with E-state index in [1.165, 1.54) is 32.3 Å². The molecule has 0 heterocycles. The summed E-state index contributed by atoms with van der Waals surface area (Å²) < 4.78 is 0. The van der Waals surface area contributed by atoms with Crippen molar-refractivity contribution in [1.29, 1.82) is 0 Å². The van der Waals surface area contributed by atoms with E-state index in [2.05, 4.69) is 188 Å². The monoisotopic (exact) mass is 708 g/mol. The van der Waals surface area contributed by atoms with E-state index in [1.807, 2.05) is 0 Å². The maximum absolute atomic E-state index is 2.50. The zero-order valence-corrected chi connectivity index (χ0v) is 28.8. The third-order valence-electron chi connectivity index (χ3n) is 8.21. The number of aryl methyl sites for hydroxylation is 1. The van der Waals surface area contributed by atoms with Crippen LogP contribution in [-0.4, -0.2) is 11.3 Å². The SMILES string of the molecule is [Rh].c1ccc([CH-]CC(C(CCc2ccccc2)P(c2ccccc2)c2ccccc2)P(c2ccccc2)c2ccccc2)cc1. The van der Waals surface area contributed by atoms with E-state index in [9.17, 15) is 0 Å². The average molecular weight is 709 g/mol. The Balaban J connectivity index is 0.00000400. The topological polar surface area (TPSA) is 0 Å². The Morgan fingerprint density at radius 2 is 0.733 bits per heavy atom. The van der Waals surface area contributed by atoms with Gasteiger partial charge in [0.05, 0.1) is 0 Å². The van der Waals surface area contributed by atoms with Crippen LogP contribution in [0, 0.1) is 6.42 Å². The minimum Gasteiger partial charge on any atom is -0.192 e. The van der Waals surface area contributed by atoms with Gasteiger partial charge in [-0.3, -0.25) is 0 Å². The molecule has 0 nitrogen and oxygen atoms in total. The molecule has 0 aliphatic carbocycles. The minimum absolute atomic E-state index is 0. The first-order valence-electron chi connectivity index (χ1n) is 15.6. The molecule has 1 radical (unpaired) electrons. The van der Waals surface area contributed by atoms with E-state index in [-0.39, 0.29) is 19.5 Å². The molecule has 227 valence electrons. The Hall–Kier alpha value is -3.33. The van der Waals surface area contributed by atoms with Crippen LogP contribution < -0.4 is 21.2 Å². The van der Waals surface area contributed by atoms with Gasteiger partial charge in [-0.25, -0.2) is 0 Å². The second-order valence-electron chi connectivity index (χ2n) is 11.1. The third-order valence-corrected chi connectivity index (χ3v) is 14.4. The van der Waals surface area contributed by atoms with E-state index in [0.29, 0.717) is 11.3 Å². The van der Waals surface area contributed by atoms with Gasteiger partial charge >= 0.3 is 0 Å². The van der Waals surface area contributed by atoms with E-state index in [4.69, 9.17) is 0 Å². The summed E-state index contributed by atoms with van der Waals surface area (Å²) in [6.07, 6.45) is 5.73. The Bertz CT molecular complexity index is 1440. The number of hydrogen-bond acceptors (Lipinski definition) is 0. The number of hydrogen-bond donors (Lipinski definition) is 0. The molecule has 0 aromatic heterocycles. The van der Waals surface area contributed by atoms with Crippen molar-refractivity contribution in [3.05, 3.63) is 200 Å². The molecule has 6 aromatic carbocycles. The smallest absolute Gasteiger partial charge is 0 e.